The average Bonchev–Trinajstić information content (AvgIpc) is 2.93. The van der Waals surface area contributed by atoms with E-state index in [0.717, 1.165) is 5.69 Å². The number of nitrogens with zero attached hydrogens (tertiary/aromatic N) is 4. The lowest BCUT2D eigenvalue weighted by atomic mass is 10.4. The fraction of sp³-hybridized carbons (Fsp3) is 0.333. The molecule has 0 aliphatic rings. The van der Waals surface area contributed by atoms with E-state index in [1.54, 1.807) is 30.9 Å². The van der Waals surface area contributed by atoms with Gasteiger partial charge in [0.15, 0.2) is 0 Å². The van der Waals surface area contributed by atoms with E-state index in [1.807, 2.05) is 6.92 Å². The topological polar surface area (TPSA) is 93.8 Å². The second-order valence-electron chi connectivity index (χ2n) is 4.37. The van der Waals surface area contributed by atoms with Crippen LogP contribution in [0.5, 0.6) is 0 Å². The van der Waals surface area contributed by atoms with Crippen LogP contribution < -0.4 is 10.6 Å². The van der Waals surface area contributed by atoms with Gasteiger partial charge in [-0.25, -0.2) is 0 Å². The summed E-state index contributed by atoms with van der Waals surface area (Å²) in [5.41, 5.74) is 1.20. The second kappa shape index (κ2) is 5.55. The summed E-state index contributed by atoms with van der Waals surface area (Å²) in [5.74, 6) is -0.0767. The van der Waals surface area contributed by atoms with Gasteiger partial charge >= 0.3 is 0 Å². The number of anilines is 1. The van der Waals surface area contributed by atoms with Gasteiger partial charge in [-0.1, -0.05) is 0 Å². The van der Waals surface area contributed by atoms with Crippen LogP contribution in [0.15, 0.2) is 18.3 Å². The second-order valence-corrected chi connectivity index (χ2v) is 4.37. The molecule has 8 heteroatoms. The van der Waals surface area contributed by atoms with Crippen LogP contribution >= 0.6 is 0 Å². The largest absolute Gasteiger partial charge is 0.342 e. The van der Waals surface area contributed by atoms with Crippen LogP contribution in [0.2, 0.25) is 0 Å². The fourth-order valence-electron chi connectivity index (χ4n) is 1.76. The molecule has 0 unspecified atom stereocenters. The van der Waals surface area contributed by atoms with Crippen molar-refractivity contribution < 1.29 is 9.59 Å². The Hall–Kier alpha value is -2.64. The summed E-state index contributed by atoms with van der Waals surface area (Å²) < 4.78 is 3.01. The standard InChI is InChI=1S/C12H16N6O2/c1-8-6-10(18(3)16-8)15-11(19)7-13-12(20)9-4-5-14-17(9)2/h4-6H,7H2,1-3H3,(H,13,20)(H,15,19). The van der Waals surface area contributed by atoms with Gasteiger partial charge in [-0.3, -0.25) is 19.0 Å². The molecule has 0 saturated carbocycles. The SMILES string of the molecule is Cc1cc(NC(=O)CNC(=O)c2ccnn2C)n(C)n1. The number of hydrogen-bond acceptors (Lipinski definition) is 4. The number of aryl methyl sites for hydroxylation is 3. The van der Waals surface area contributed by atoms with E-state index in [9.17, 15) is 9.59 Å². The van der Waals surface area contributed by atoms with Crippen molar-refractivity contribution in [3.8, 4) is 0 Å². The maximum Gasteiger partial charge on any atom is 0.269 e. The predicted octanol–water partition coefficient (Wildman–Crippen LogP) is -0.169. The molecule has 0 atom stereocenters. The maximum atomic E-state index is 11.8. The first-order chi connectivity index (χ1) is 9.47. The van der Waals surface area contributed by atoms with Crippen LogP contribution in [0, 0.1) is 6.92 Å². The van der Waals surface area contributed by atoms with Gasteiger partial charge < -0.3 is 10.6 Å². The molecule has 0 spiro atoms. The zero-order valence-corrected chi connectivity index (χ0v) is 11.5. The Kier molecular flexibility index (Phi) is 3.83. The molecule has 2 aromatic heterocycles. The molecule has 2 amide bonds. The Morgan fingerprint density at radius 3 is 2.60 bits per heavy atom. The summed E-state index contributed by atoms with van der Waals surface area (Å²) in [6.45, 7) is 1.72. The highest BCUT2D eigenvalue weighted by atomic mass is 16.2. The molecular formula is C12H16N6O2. The third-order valence-corrected chi connectivity index (χ3v) is 2.73. The highest BCUT2D eigenvalue weighted by Gasteiger charge is 2.12. The zero-order valence-electron chi connectivity index (χ0n) is 11.5. The molecule has 2 aromatic rings. The monoisotopic (exact) mass is 276 g/mol. The Morgan fingerprint density at radius 1 is 1.30 bits per heavy atom. The lowest BCUT2D eigenvalue weighted by molar-refractivity contribution is -0.115. The van der Waals surface area contributed by atoms with E-state index >= 15 is 0 Å². The number of amides is 2. The molecule has 106 valence electrons. The van der Waals surface area contributed by atoms with Gasteiger partial charge in [0.1, 0.15) is 11.5 Å². The van der Waals surface area contributed by atoms with E-state index in [-0.39, 0.29) is 18.4 Å². The Bertz CT molecular complexity index is 642. The first-order valence-corrected chi connectivity index (χ1v) is 6.04. The Balaban J connectivity index is 1.88. The van der Waals surface area contributed by atoms with Crippen molar-refractivity contribution in [2.24, 2.45) is 14.1 Å². The van der Waals surface area contributed by atoms with Gasteiger partial charge in [-0.05, 0) is 13.0 Å². The van der Waals surface area contributed by atoms with Gasteiger partial charge in [0.25, 0.3) is 5.91 Å². The van der Waals surface area contributed by atoms with E-state index in [1.165, 1.54) is 10.9 Å². The van der Waals surface area contributed by atoms with Gasteiger partial charge in [0, 0.05) is 26.4 Å². The lowest BCUT2D eigenvalue weighted by Crippen LogP contribution is -2.34. The number of rotatable bonds is 4. The third-order valence-electron chi connectivity index (χ3n) is 2.73. The summed E-state index contributed by atoms with van der Waals surface area (Å²) in [7, 11) is 3.39. The van der Waals surface area contributed by atoms with Gasteiger partial charge in [0.2, 0.25) is 5.91 Å². The molecule has 0 aliphatic carbocycles. The molecule has 8 nitrogen and oxygen atoms in total. The number of carbonyl (C=O) groups is 2. The molecule has 0 bridgehead atoms. The molecule has 0 saturated heterocycles. The van der Waals surface area contributed by atoms with Gasteiger partial charge in [-0.15, -0.1) is 0 Å². The van der Waals surface area contributed by atoms with Crippen molar-refractivity contribution in [2.45, 2.75) is 6.92 Å². The number of hydrogen-bond donors (Lipinski definition) is 2. The number of carbonyl (C=O) groups excluding carboxylic acids is 2. The molecule has 0 aliphatic heterocycles. The summed E-state index contributed by atoms with van der Waals surface area (Å²) in [4.78, 5) is 23.5. The van der Waals surface area contributed by atoms with Crippen LogP contribution in [0.25, 0.3) is 0 Å². The summed E-state index contributed by atoms with van der Waals surface area (Å²) in [6, 6.07) is 3.33. The maximum absolute atomic E-state index is 11.8. The van der Waals surface area contributed by atoms with Crippen molar-refractivity contribution >= 4 is 17.6 Å². The molecule has 20 heavy (non-hydrogen) atoms. The molecule has 2 rings (SSSR count). The fourth-order valence-corrected chi connectivity index (χ4v) is 1.76. The molecule has 0 fully saturated rings. The highest BCUT2D eigenvalue weighted by Crippen LogP contribution is 2.07. The molecular weight excluding hydrogens is 260 g/mol. The van der Waals surface area contributed by atoms with E-state index in [4.69, 9.17) is 0 Å². The van der Waals surface area contributed by atoms with Crippen molar-refractivity contribution in [1.82, 2.24) is 24.9 Å². The van der Waals surface area contributed by atoms with Crippen LogP contribution in [-0.4, -0.2) is 37.9 Å². The molecule has 2 N–H and O–H groups in total. The zero-order chi connectivity index (χ0) is 14.7. The molecule has 0 radical (unpaired) electrons. The van der Waals surface area contributed by atoms with E-state index in [0.29, 0.717) is 11.5 Å². The first-order valence-electron chi connectivity index (χ1n) is 6.04. The van der Waals surface area contributed by atoms with E-state index in [2.05, 4.69) is 20.8 Å². The Labute approximate surface area is 115 Å². The van der Waals surface area contributed by atoms with Crippen molar-refractivity contribution in [3.05, 3.63) is 29.7 Å². The van der Waals surface area contributed by atoms with Gasteiger partial charge in [-0.2, -0.15) is 10.2 Å². The lowest BCUT2D eigenvalue weighted by Gasteiger charge is -2.07. The number of aromatic nitrogens is 4. The van der Waals surface area contributed by atoms with Crippen molar-refractivity contribution in [1.29, 1.82) is 0 Å². The predicted molar refractivity (Wildman–Crippen MR) is 72.1 cm³/mol. The van der Waals surface area contributed by atoms with Crippen molar-refractivity contribution in [2.75, 3.05) is 11.9 Å². The average molecular weight is 276 g/mol. The summed E-state index contributed by atoms with van der Waals surface area (Å²) >= 11 is 0. The quantitative estimate of drug-likeness (QED) is 0.810. The van der Waals surface area contributed by atoms with Crippen LogP contribution in [0.3, 0.4) is 0 Å². The minimum atomic E-state index is -0.346. The van der Waals surface area contributed by atoms with Crippen LogP contribution in [0.1, 0.15) is 16.2 Å². The minimum Gasteiger partial charge on any atom is -0.342 e. The van der Waals surface area contributed by atoms with Gasteiger partial charge in [0.05, 0.1) is 12.2 Å². The highest BCUT2D eigenvalue weighted by molar-refractivity contribution is 5.98. The number of nitrogens with one attached hydrogen (secondary N) is 2. The Morgan fingerprint density at radius 2 is 2.05 bits per heavy atom. The van der Waals surface area contributed by atoms with Crippen LogP contribution in [-0.2, 0) is 18.9 Å². The molecule has 2 heterocycles. The van der Waals surface area contributed by atoms with Crippen LogP contribution in [0.4, 0.5) is 5.82 Å². The summed E-state index contributed by atoms with van der Waals surface area (Å²) in [5, 5.41) is 13.2. The van der Waals surface area contributed by atoms with E-state index < -0.39 is 0 Å². The first kappa shape index (κ1) is 13.8. The summed E-state index contributed by atoms with van der Waals surface area (Å²) in [6.07, 6.45) is 1.52. The third kappa shape index (κ3) is 3.02. The normalized spacial score (nSPS) is 10.3. The molecule has 0 aromatic carbocycles. The smallest absolute Gasteiger partial charge is 0.269 e. The van der Waals surface area contributed by atoms with Crippen molar-refractivity contribution in [3.63, 3.8) is 0 Å². The minimum absolute atomic E-state index is 0.117.